The second-order valence-electron chi connectivity index (χ2n) is 4.75. The molecule has 0 aliphatic heterocycles. The molecule has 8 heteroatoms. The molecule has 1 N–H and O–H groups in total. The smallest absolute Gasteiger partial charge is 0.236 e. The van der Waals surface area contributed by atoms with E-state index in [1.165, 1.54) is 23.1 Å². The summed E-state index contributed by atoms with van der Waals surface area (Å²) in [6.45, 7) is 4.36. The zero-order valence-corrected chi connectivity index (χ0v) is 14.4. The number of thioether (sulfide) groups is 1. The first-order chi connectivity index (χ1) is 11.8. The number of thiazole rings is 1. The van der Waals surface area contributed by atoms with Gasteiger partial charge in [0.25, 0.3) is 0 Å². The van der Waals surface area contributed by atoms with Gasteiger partial charge in [0, 0.05) is 23.7 Å². The second-order valence-corrected chi connectivity index (χ2v) is 6.58. The van der Waals surface area contributed by atoms with Crippen molar-refractivity contribution in [1.29, 1.82) is 0 Å². The first-order valence-electron chi connectivity index (χ1n) is 7.19. The molecule has 2 heterocycles. The highest BCUT2D eigenvalue weighted by Gasteiger charge is 2.15. The maximum Gasteiger partial charge on any atom is 0.236 e. The van der Waals surface area contributed by atoms with Crippen LogP contribution in [0.3, 0.4) is 0 Å². The van der Waals surface area contributed by atoms with Gasteiger partial charge in [-0.15, -0.1) is 28.1 Å². The van der Waals surface area contributed by atoms with Crippen molar-refractivity contribution in [3.63, 3.8) is 0 Å². The molecular weight excluding hydrogens is 342 g/mol. The van der Waals surface area contributed by atoms with Crippen LogP contribution in [-0.4, -0.2) is 31.4 Å². The summed E-state index contributed by atoms with van der Waals surface area (Å²) in [5, 5.41) is 14.3. The van der Waals surface area contributed by atoms with Crippen LogP contribution in [0.1, 0.15) is 0 Å². The number of benzene rings is 1. The lowest BCUT2D eigenvalue weighted by Crippen LogP contribution is -2.14. The Morgan fingerprint density at radius 3 is 2.88 bits per heavy atom. The fourth-order valence-corrected chi connectivity index (χ4v) is 3.35. The largest absolute Gasteiger partial charge is 0.301 e. The Morgan fingerprint density at radius 1 is 1.33 bits per heavy atom. The second kappa shape index (κ2) is 7.89. The maximum atomic E-state index is 12.0. The van der Waals surface area contributed by atoms with Crippen molar-refractivity contribution < 1.29 is 4.79 Å². The first-order valence-corrected chi connectivity index (χ1v) is 9.06. The molecule has 0 bridgehead atoms. The SMILES string of the molecule is C=CCn1c(SCC(=O)Nc2nccs2)nnc1-c1ccccc1. The lowest BCUT2D eigenvalue weighted by molar-refractivity contribution is -0.113. The molecule has 0 aliphatic carbocycles. The van der Waals surface area contributed by atoms with E-state index in [0.29, 0.717) is 16.8 Å². The Bertz CT molecular complexity index is 814. The number of aromatic nitrogens is 4. The van der Waals surface area contributed by atoms with E-state index < -0.39 is 0 Å². The normalized spacial score (nSPS) is 10.5. The molecule has 2 aromatic heterocycles. The number of nitrogens with one attached hydrogen (secondary N) is 1. The summed E-state index contributed by atoms with van der Waals surface area (Å²) in [6.07, 6.45) is 3.44. The molecule has 0 saturated heterocycles. The molecule has 1 amide bonds. The fourth-order valence-electron chi connectivity index (χ4n) is 2.06. The van der Waals surface area contributed by atoms with Crippen LogP contribution in [0, 0.1) is 0 Å². The number of anilines is 1. The molecule has 24 heavy (non-hydrogen) atoms. The summed E-state index contributed by atoms with van der Waals surface area (Å²) in [7, 11) is 0. The lowest BCUT2D eigenvalue weighted by Gasteiger charge is -2.07. The molecule has 3 aromatic rings. The zero-order valence-electron chi connectivity index (χ0n) is 12.8. The van der Waals surface area contributed by atoms with Gasteiger partial charge in [0.15, 0.2) is 16.1 Å². The van der Waals surface area contributed by atoms with Crippen LogP contribution in [-0.2, 0) is 11.3 Å². The van der Waals surface area contributed by atoms with E-state index in [0.717, 1.165) is 11.4 Å². The van der Waals surface area contributed by atoms with Crippen molar-refractivity contribution in [3.05, 3.63) is 54.6 Å². The molecule has 0 atom stereocenters. The molecule has 0 radical (unpaired) electrons. The molecule has 1 aromatic carbocycles. The first kappa shape index (κ1) is 16.4. The van der Waals surface area contributed by atoms with Crippen LogP contribution < -0.4 is 5.32 Å². The third-order valence-corrected chi connectivity index (χ3v) is 4.73. The van der Waals surface area contributed by atoms with Crippen molar-refractivity contribution >= 4 is 34.1 Å². The number of amides is 1. The highest BCUT2D eigenvalue weighted by molar-refractivity contribution is 7.99. The van der Waals surface area contributed by atoms with Gasteiger partial charge in [0.2, 0.25) is 5.91 Å². The maximum absolute atomic E-state index is 12.0. The molecule has 0 spiro atoms. The van der Waals surface area contributed by atoms with E-state index in [4.69, 9.17) is 0 Å². The standard InChI is InChI=1S/C16H15N5OS2/c1-2-9-21-14(12-6-4-3-5-7-12)19-20-16(21)24-11-13(22)18-15-17-8-10-23-15/h2-8,10H,1,9,11H2,(H,17,18,22). The summed E-state index contributed by atoms with van der Waals surface area (Å²) in [5.41, 5.74) is 0.978. The fraction of sp³-hybridized carbons (Fsp3) is 0.125. The molecule has 3 rings (SSSR count). The van der Waals surface area contributed by atoms with Gasteiger partial charge in [0.1, 0.15) is 0 Å². The number of rotatable bonds is 7. The van der Waals surface area contributed by atoms with Crippen molar-refractivity contribution in [2.24, 2.45) is 0 Å². The predicted molar refractivity (Wildman–Crippen MR) is 97.1 cm³/mol. The summed E-state index contributed by atoms with van der Waals surface area (Å²) in [4.78, 5) is 16.0. The number of carbonyl (C=O) groups is 1. The van der Waals surface area contributed by atoms with E-state index in [1.807, 2.05) is 40.3 Å². The lowest BCUT2D eigenvalue weighted by atomic mass is 10.2. The van der Waals surface area contributed by atoms with E-state index >= 15 is 0 Å². The van der Waals surface area contributed by atoms with Gasteiger partial charge in [0.05, 0.1) is 5.75 Å². The van der Waals surface area contributed by atoms with Gasteiger partial charge in [-0.25, -0.2) is 4.98 Å². The Kier molecular flexibility index (Phi) is 5.39. The van der Waals surface area contributed by atoms with Crippen LogP contribution in [0.2, 0.25) is 0 Å². The van der Waals surface area contributed by atoms with E-state index in [-0.39, 0.29) is 11.7 Å². The summed E-state index contributed by atoms with van der Waals surface area (Å²) < 4.78 is 1.95. The third-order valence-electron chi connectivity index (χ3n) is 3.07. The van der Waals surface area contributed by atoms with Crippen molar-refractivity contribution in [3.8, 4) is 11.4 Å². The van der Waals surface area contributed by atoms with E-state index in [1.54, 1.807) is 12.3 Å². The summed E-state index contributed by atoms with van der Waals surface area (Å²) in [5.74, 6) is 0.881. The van der Waals surface area contributed by atoms with Crippen molar-refractivity contribution in [2.75, 3.05) is 11.1 Å². The summed E-state index contributed by atoms with van der Waals surface area (Å²) >= 11 is 2.73. The van der Waals surface area contributed by atoms with Gasteiger partial charge in [-0.05, 0) is 0 Å². The Hall–Kier alpha value is -2.45. The zero-order chi connectivity index (χ0) is 16.8. The van der Waals surface area contributed by atoms with E-state index in [9.17, 15) is 4.79 Å². The van der Waals surface area contributed by atoms with Crippen molar-refractivity contribution in [2.45, 2.75) is 11.7 Å². The predicted octanol–water partition coefficient (Wildman–Crippen LogP) is 3.32. The van der Waals surface area contributed by atoms with Gasteiger partial charge >= 0.3 is 0 Å². The van der Waals surface area contributed by atoms with E-state index in [2.05, 4.69) is 27.1 Å². The molecular formula is C16H15N5OS2. The minimum Gasteiger partial charge on any atom is -0.301 e. The highest BCUT2D eigenvalue weighted by Crippen LogP contribution is 2.24. The van der Waals surface area contributed by atoms with Crippen LogP contribution in [0.25, 0.3) is 11.4 Å². The molecule has 0 aliphatic rings. The minimum atomic E-state index is -0.121. The van der Waals surface area contributed by atoms with Crippen LogP contribution >= 0.6 is 23.1 Å². The Labute approximate surface area is 147 Å². The molecule has 0 saturated carbocycles. The van der Waals surface area contributed by atoms with Crippen LogP contribution in [0.5, 0.6) is 0 Å². The molecule has 6 nitrogen and oxygen atoms in total. The monoisotopic (exact) mass is 357 g/mol. The van der Waals surface area contributed by atoms with Crippen molar-refractivity contribution in [1.82, 2.24) is 19.7 Å². The minimum absolute atomic E-state index is 0.121. The highest BCUT2D eigenvalue weighted by atomic mass is 32.2. The Morgan fingerprint density at radius 2 is 2.17 bits per heavy atom. The topological polar surface area (TPSA) is 72.7 Å². The van der Waals surface area contributed by atoms with Gasteiger partial charge in [-0.1, -0.05) is 48.2 Å². The number of carbonyl (C=O) groups excluding carboxylic acids is 1. The quantitative estimate of drug-likeness (QED) is 0.519. The summed E-state index contributed by atoms with van der Waals surface area (Å²) in [6, 6.07) is 9.82. The van der Waals surface area contributed by atoms with Gasteiger partial charge in [-0.2, -0.15) is 0 Å². The average molecular weight is 357 g/mol. The number of allylic oxidation sites excluding steroid dienone is 1. The third kappa shape index (κ3) is 3.90. The molecule has 0 unspecified atom stereocenters. The number of hydrogen-bond donors (Lipinski definition) is 1. The Balaban J connectivity index is 1.72. The number of nitrogens with zero attached hydrogens (tertiary/aromatic N) is 4. The van der Waals surface area contributed by atoms with Crippen LogP contribution in [0.4, 0.5) is 5.13 Å². The number of hydrogen-bond acceptors (Lipinski definition) is 6. The van der Waals surface area contributed by atoms with Gasteiger partial charge < -0.3 is 5.32 Å². The average Bonchev–Trinajstić information content (AvgIpc) is 3.24. The van der Waals surface area contributed by atoms with Crippen LogP contribution in [0.15, 0.2) is 59.7 Å². The van der Waals surface area contributed by atoms with Gasteiger partial charge in [-0.3, -0.25) is 9.36 Å². The molecule has 0 fully saturated rings. The molecule has 122 valence electrons.